The van der Waals surface area contributed by atoms with Crippen LogP contribution >= 0.6 is 35.0 Å². The van der Waals surface area contributed by atoms with Crippen molar-refractivity contribution in [1.82, 2.24) is 9.78 Å². The minimum absolute atomic E-state index is 0.00732. The third kappa shape index (κ3) is 4.99. The van der Waals surface area contributed by atoms with Crippen LogP contribution in [0.4, 0.5) is 0 Å². The molecule has 5 rings (SSSR count). The molecule has 6 nitrogen and oxygen atoms in total. The van der Waals surface area contributed by atoms with Gasteiger partial charge in [-0.3, -0.25) is 9.79 Å². The molecule has 182 valence electrons. The summed E-state index contributed by atoms with van der Waals surface area (Å²) in [7, 11) is -4.03. The lowest BCUT2D eigenvalue weighted by atomic mass is 10.0. The second kappa shape index (κ2) is 10.2. The van der Waals surface area contributed by atoms with E-state index in [1.54, 1.807) is 72.8 Å². The van der Waals surface area contributed by atoms with Crippen LogP contribution in [0.1, 0.15) is 15.9 Å². The lowest BCUT2D eigenvalue weighted by Gasteiger charge is -2.11. The van der Waals surface area contributed by atoms with Crippen LogP contribution in [0.2, 0.25) is 10.0 Å². The van der Waals surface area contributed by atoms with E-state index in [1.165, 1.54) is 16.4 Å². The Balaban J connectivity index is 1.80. The smallest absolute Gasteiger partial charge is 0.202 e. The SMILES string of the molecule is O=C(c1ccc(Cl)cc1)c1c(-c2ccc(Cl)cc2)nn(-c2ccccc2)c1S(=O)(=O)CC1=NCCS1. The summed E-state index contributed by atoms with van der Waals surface area (Å²) < 4.78 is 29.2. The van der Waals surface area contributed by atoms with Crippen molar-refractivity contribution in [3.05, 3.63) is 100 Å². The van der Waals surface area contributed by atoms with E-state index in [9.17, 15) is 13.2 Å². The molecule has 0 amide bonds. The minimum atomic E-state index is -4.03. The number of nitrogens with zero attached hydrogens (tertiary/aromatic N) is 3. The first-order chi connectivity index (χ1) is 17.3. The molecule has 0 saturated carbocycles. The number of thioether (sulfide) groups is 1. The molecule has 1 aromatic heterocycles. The van der Waals surface area contributed by atoms with Crippen molar-refractivity contribution in [1.29, 1.82) is 0 Å². The van der Waals surface area contributed by atoms with Crippen molar-refractivity contribution in [2.24, 2.45) is 4.99 Å². The fraction of sp³-hybridized carbons (Fsp3) is 0.115. The largest absolute Gasteiger partial charge is 0.288 e. The Morgan fingerprint density at radius 2 is 1.56 bits per heavy atom. The zero-order valence-corrected chi connectivity index (χ0v) is 21.9. The Morgan fingerprint density at radius 3 is 2.17 bits per heavy atom. The number of rotatable bonds is 7. The molecule has 1 aliphatic rings. The highest BCUT2D eigenvalue weighted by atomic mass is 35.5. The highest BCUT2D eigenvalue weighted by Gasteiger charge is 2.35. The lowest BCUT2D eigenvalue weighted by Crippen LogP contribution is -2.20. The third-order valence-electron chi connectivity index (χ3n) is 5.55. The van der Waals surface area contributed by atoms with Crippen LogP contribution in [-0.4, -0.2) is 47.1 Å². The number of halogens is 2. The van der Waals surface area contributed by atoms with E-state index < -0.39 is 15.6 Å². The van der Waals surface area contributed by atoms with E-state index in [1.807, 2.05) is 6.07 Å². The molecule has 1 aliphatic heterocycles. The van der Waals surface area contributed by atoms with Gasteiger partial charge >= 0.3 is 0 Å². The van der Waals surface area contributed by atoms with Gasteiger partial charge < -0.3 is 0 Å². The molecular formula is C26H19Cl2N3O3S2. The first-order valence-electron chi connectivity index (χ1n) is 11.0. The Kier molecular flexibility index (Phi) is 7.03. The summed E-state index contributed by atoms with van der Waals surface area (Å²) in [4.78, 5) is 18.3. The van der Waals surface area contributed by atoms with Crippen molar-refractivity contribution in [2.75, 3.05) is 18.1 Å². The first-order valence-corrected chi connectivity index (χ1v) is 14.4. The van der Waals surface area contributed by atoms with Crippen molar-refractivity contribution in [3.8, 4) is 16.9 Å². The summed E-state index contributed by atoms with van der Waals surface area (Å²) in [6.45, 7) is 0.569. The summed E-state index contributed by atoms with van der Waals surface area (Å²) >= 11 is 13.5. The van der Waals surface area contributed by atoms with Gasteiger partial charge in [0.25, 0.3) is 0 Å². The predicted molar refractivity (Wildman–Crippen MR) is 146 cm³/mol. The number of ketones is 1. The molecule has 0 aliphatic carbocycles. The third-order valence-corrected chi connectivity index (χ3v) is 8.85. The number of carbonyl (C=O) groups excluding carboxylic acids is 1. The second-order valence-electron chi connectivity index (χ2n) is 8.00. The number of hydrogen-bond donors (Lipinski definition) is 0. The van der Waals surface area contributed by atoms with Gasteiger partial charge in [0.1, 0.15) is 11.4 Å². The summed E-state index contributed by atoms with van der Waals surface area (Å²) in [6, 6.07) is 22.0. The maximum absolute atomic E-state index is 13.9. The van der Waals surface area contributed by atoms with Gasteiger partial charge in [0.2, 0.25) is 9.84 Å². The van der Waals surface area contributed by atoms with Gasteiger partial charge in [0, 0.05) is 33.5 Å². The van der Waals surface area contributed by atoms with Crippen LogP contribution in [0.25, 0.3) is 16.9 Å². The number of carbonyl (C=O) groups is 1. The summed E-state index contributed by atoms with van der Waals surface area (Å²) in [5, 5.41) is 6.01. The summed E-state index contributed by atoms with van der Waals surface area (Å²) in [5.74, 6) is -0.0506. The quantitative estimate of drug-likeness (QED) is 0.261. The molecule has 0 bridgehead atoms. The first kappa shape index (κ1) is 24.8. The highest BCUT2D eigenvalue weighted by molar-refractivity contribution is 8.15. The molecule has 10 heteroatoms. The Bertz CT molecular complexity index is 1570. The number of aromatic nitrogens is 2. The van der Waals surface area contributed by atoms with Gasteiger partial charge in [-0.2, -0.15) is 5.10 Å². The lowest BCUT2D eigenvalue weighted by molar-refractivity contribution is 0.103. The molecule has 0 saturated heterocycles. The molecule has 0 radical (unpaired) electrons. The zero-order valence-electron chi connectivity index (χ0n) is 18.8. The van der Waals surface area contributed by atoms with Gasteiger partial charge in [-0.05, 0) is 48.5 Å². The summed E-state index contributed by atoms with van der Waals surface area (Å²) in [6.07, 6.45) is 0. The standard InChI is InChI=1S/C26H19Cl2N3O3S2/c27-19-10-6-17(7-11-19)24-23(25(32)18-8-12-20(28)13-9-18)26(31(30-24)21-4-2-1-3-5-21)36(33,34)16-22-29-14-15-35-22/h1-13H,14-16H2. The van der Waals surface area contributed by atoms with Crippen LogP contribution in [0.3, 0.4) is 0 Å². The van der Waals surface area contributed by atoms with E-state index in [2.05, 4.69) is 10.1 Å². The van der Waals surface area contributed by atoms with Crippen molar-refractivity contribution < 1.29 is 13.2 Å². The molecule has 0 fully saturated rings. The number of sulfone groups is 1. The van der Waals surface area contributed by atoms with E-state index in [-0.39, 0.29) is 22.0 Å². The molecule has 0 N–H and O–H groups in total. The highest BCUT2D eigenvalue weighted by Crippen LogP contribution is 2.34. The maximum Gasteiger partial charge on any atom is 0.202 e. The van der Waals surface area contributed by atoms with Crippen LogP contribution in [0, 0.1) is 0 Å². The topological polar surface area (TPSA) is 81.4 Å². The predicted octanol–water partition coefficient (Wildman–Crippen LogP) is 6.00. The van der Waals surface area contributed by atoms with Gasteiger partial charge in [0.15, 0.2) is 10.8 Å². The van der Waals surface area contributed by atoms with Gasteiger partial charge in [0.05, 0.1) is 16.3 Å². The van der Waals surface area contributed by atoms with E-state index in [4.69, 9.17) is 23.2 Å². The van der Waals surface area contributed by atoms with Gasteiger partial charge in [-0.25, -0.2) is 13.1 Å². The number of hydrogen-bond acceptors (Lipinski definition) is 6. The molecule has 0 unspecified atom stereocenters. The second-order valence-corrected chi connectivity index (χ2v) is 11.9. The summed E-state index contributed by atoms with van der Waals surface area (Å²) in [5.41, 5.74) is 1.62. The maximum atomic E-state index is 13.9. The Hall–Kier alpha value is -2.91. The van der Waals surface area contributed by atoms with E-state index in [0.29, 0.717) is 38.4 Å². The molecule has 2 heterocycles. The van der Waals surface area contributed by atoms with E-state index >= 15 is 0 Å². The minimum Gasteiger partial charge on any atom is -0.288 e. The molecule has 3 aromatic carbocycles. The van der Waals surface area contributed by atoms with Gasteiger partial charge in [-0.15, -0.1) is 11.8 Å². The van der Waals surface area contributed by atoms with Crippen molar-refractivity contribution in [3.63, 3.8) is 0 Å². The normalized spacial score (nSPS) is 13.6. The zero-order chi connectivity index (χ0) is 25.3. The molecule has 0 atom stereocenters. The van der Waals surface area contributed by atoms with Crippen LogP contribution in [-0.2, 0) is 9.84 Å². The average Bonchev–Trinajstić information content (AvgIpc) is 3.53. The molecule has 36 heavy (non-hydrogen) atoms. The van der Waals surface area contributed by atoms with Crippen molar-refractivity contribution in [2.45, 2.75) is 5.03 Å². The van der Waals surface area contributed by atoms with Crippen molar-refractivity contribution >= 4 is 55.6 Å². The average molecular weight is 556 g/mol. The Labute approximate surface area is 222 Å². The monoisotopic (exact) mass is 555 g/mol. The van der Waals surface area contributed by atoms with Crippen LogP contribution < -0.4 is 0 Å². The van der Waals surface area contributed by atoms with Crippen LogP contribution in [0.15, 0.2) is 88.9 Å². The molecular weight excluding hydrogens is 537 g/mol. The fourth-order valence-electron chi connectivity index (χ4n) is 3.89. The van der Waals surface area contributed by atoms with E-state index in [0.717, 1.165) is 5.75 Å². The van der Waals surface area contributed by atoms with Gasteiger partial charge in [-0.1, -0.05) is 53.5 Å². The number of para-hydroxylation sites is 1. The number of aliphatic imine (C=N–C) groups is 1. The van der Waals surface area contributed by atoms with Crippen LogP contribution in [0.5, 0.6) is 0 Å². The fourth-order valence-corrected chi connectivity index (χ4v) is 7.01. The Morgan fingerprint density at radius 1 is 0.917 bits per heavy atom. The molecule has 0 spiro atoms. The molecule has 4 aromatic rings. The number of benzene rings is 3.